The van der Waals surface area contributed by atoms with Gasteiger partial charge in [-0.2, -0.15) is 15.0 Å². The average molecular weight is 301 g/mol. The predicted octanol–water partition coefficient (Wildman–Crippen LogP) is 4.08. The predicted molar refractivity (Wildman–Crippen MR) is 82.5 cm³/mol. The Labute approximate surface area is 126 Å². The van der Waals surface area contributed by atoms with Gasteiger partial charge in [-0.05, 0) is 30.9 Å². The Balaban J connectivity index is 2.69. The van der Waals surface area contributed by atoms with Crippen molar-refractivity contribution < 1.29 is 4.74 Å². The maximum Gasteiger partial charge on any atom is 0.322 e. The minimum atomic E-state index is 0.166. The third-order valence-corrected chi connectivity index (χ3v) is 3.07. The molecular weight excluding hydrogens is 276 g/mol. The first-order valence-corrected chi connectivity index (χ1v) is 7.88. The summed E-state index contributed by atoms with van der Waals surface area (Å²) in [6.07, 6.45) is 6.61. The number of unbranched alkanes of at least 4 members (excludes halogenated alkanes) is 1. The number of aromatic nitrogens is 3. The molecule has 0 saturated carbocycles. The SMILES string of the molecule is CCCCC(CCC)Nc1nc(Cl)nc(OCCC)n1. The number of halogens is 1. The largest absolute Gasteiger partial charge is 0.463 e. The summed E-state index contributed by atoms with van der Waals surface area (Å²) in [5, 5.41) is 3.51. The molecule has 0 aromatic carbocycles. The molecule has 0 fully saturated rings. The van der Waals surface area contributed by atoms with Crippen molar-refractivity contribution in [3.8, 4) is 6.01 Å². The second-order valence-corrected chi connectivity index (χ2v) is 5.17. The lowest BCUT2D eigenvalue weighted by Crippen LogP contribution is -2.21. The Morgan fingerprint density at radius 2 is 1.85 bits per heavy atom. The summed E-state index contributed by atoms with van der Waals surface area (Å²) < 4.78 is 5.41. The van der Waals surface area contributed by atoms with E-state index in [1.165, 1.54) is 12.8 Å². The van der Waals surface area contributed by atoms with E-state index in [9.17, 15) is 0 Å². The highest BCUT2D eigenvalue weighted by molar-refractivity contribution is 6.28. The summed E-state index contributed by atoms with van der Waals surface area (Å²) in [4.78, 5) is 12.4. The van der Waals surface area contributed by atoms with Crippen LogP contribution in [0.2, 0.25) is 5.28 Å². The van der Waals surface area contributed by atoms with Crippen LogP contribution in [0.15, 0.2) is 0 Å². The van der Waals surface area contributed by atoms with Crippen molar-refractivity contribution in [3.63, 3.8) is 0 Å². The topological polar surface area (TPSA) is 59.9 Å². The zero-order chi connectivity index (χ0) is 14.8. The summed E-state index contributed by atoms with van der Waals surface area (Å²) in [6, 6.07) is 0.664. The van der Waals surface area contributed by atoms with Crippen molar-refractivity contribution in [2.75, 3.05) is 11.9 Å². The third-order valence-electron chi connectivity index (χ3n) is 2.90. The Morgan fingerprint density at radius 1 is 1.05 bits per heavy atom. The molecule has 0 spiro atoms. The van der Waals surface area contributed by atoms with E-state index in [1.807, 2.05) is 6.92 Å². The minimum Gasteiger partial charge on any atom is -0.463 e. The molecule has 1 aromatic rings. The van der Waals surface area contributed by atoms with Crippen molar-refractivity contribution in [3.05, 3.63) is 5.28 Å². The molecule has 1 N–H and O–H groups in total. The number of hydrogen-bond donors (Lipinski definition) is 1. The van der Waals surface area contributed by atoms with Crippen LogP contribution in [0.25, 0.3) is 0 Å². The van der Waals surface area contributed by atoms with Crippen molar-refractivity contribution in [1.29, 1.82) is 0 Å². The zero-order valence-corrected chi connectivity index (χ0v) is 13.4. The van der Waals surface area contributed by atoms with Gasteiger partial charge in [0.25, 0.3) is 0 Å². The lowest BCUT2D eigenvalue weighted by Gasteiger charge is -2.17. The first kappa shape index (κ1) is 17.0. The molecule has 0 amide bonds. The molecule has 0 saturated heterocycles. The minimum absolute atomic E-state index is 0.166. The number of nitrogens with one attached hydrogen (secondary N) is 1. The van der Waals surface area contributed by atoms with Crippen LogP contribution in [-0.4, -0.2) is 27.6 Å². The number of nitrogens with zero attached hydrogens (tertiary/aromatic N) is 3. The molecule has 1 heterocycles. The monoisotopic (exact) mass is 300 g/mol. The quantitative estimate of drug-likeness (QED) is 0.705. The molecular formula is C14H25ClN4O. The van der Waals surface area contributed by atoms with Crippen LogP contribution in [-0.2, 0) is 0 Å². The van der Waals surface area contributed by atoms with Gasteiger partial charge in [-0.25, -0.2) is 0 Å². The molecule has 0 aliphatic rings. The van der Waals surface area contributed by atoms with E-state index in [4.69, 9.17) is 16.3 Å². The van der Waals surface area contributed by atoms with Crippen LogP contribution >= 0.6 is 11.6 Å². The van der Waals surface area contributed by atoms with Crippen molar-refractivity contribution in [1.82, 2.24) is 15.0 Å². The maximum absolute atomic E-state index is 5.91. The summed E-state index contributed by atoms with van der Waals surface area (Å²) in [5.41, 5.74) is 0. The summed E-state index contributed by atoms with van der Waals surface area (Å²) >= 11 is 5.91. The normalized spacial score (nSPS) is 12.2. The average Bonchev–Trinajstić information content (AvgIpc) is 2.42. The maximum atomic E-state index is 5.91. The second-order valence-electron chi connectivity index (χ2n) is 4.83. The smallest absolute Gasteiger partial charge is 0.322 e. The summed E-state index contributed by atoms with van der Waals surface area (Å²) in [6.45, 7) is 6.98. The van der Waals surface area contributed by atoms with Crippen LogP contribution in [0, 0.1) is 0 Å². The fourth-order valence-electron chi connectivity index (χ4n) is 1.92. The third kappa shape index (κ3) is 6.37. The molecule has 1 aromatic heterocycles. The van der Waals surface area contributed by atoms with Crippen LogP contribution < -0.4 is 10.1 Å². The zero-order valence-electron chi connectivity index (χ0n) is 12.7. The Kier molecular flexibility index (Phi) is 8.26. The molecule has 0 radical (unpaired) electrons. The highest BCUT2D eigenvalue weighted by atomic mass is 35.5. The van der Waals surface area contributed by atoms with E-state index in [0.29, 0.717) is 24.6 Å². The van der Waals surface area contributed by atoms with Gasteiger partial charge in [0, 0.05) is 6.04 Å². The molecule has 20 heavy (non-hydrogen) atoms. The Bertz CT molecular complexity index is 389. The van der Waals surface area contributed by atoms with Crippen molar-refractivity contribution in [2.45, 2.75) is 65.3 Å². The summed E-state index contributed by atoms with van der Waals surface area (Å²) in [7, 11) is 0. The van der Waals surface area contributed by atoms with E-state index in [-0.39, 0.29) is 5.28 Å². The fourth-order valence-corrected chi connectivity index (χ4v) is 2.08. The molecule has 5 nitrogen and oxygen atoms in total. The number of hydrogen-bond acceptors (Lipinski definition) is 5. The van der Waals surface area contributed by atoms with Gasteiger partial charge in [-0.3, -0.25) is 0 Å². The molecule has 114 valence electrons. The van der Waals surface area contributed by atoms with Gasteiger partial charge in [0.05, 0.1) is 6.61 Å². The lowest BCUT2D eigenvalue weighted by molar-refractivity contribution is 0.291. The van der Waals surface area contributed by atoms with Gasteiger partial charge in [0.15, 0.2) is 0 Å². The van der Waals surface area contributed by atoms with Gasteiger partial charge >= 0.3 is 6.01 Å². The van der Waals surface area contributed by atoms with Crippen LogP contribution in [0.5, 0.6) is 6.01 Å². The van der Waals surface area contributed by atoms with Gasteiger partial charge in [0.2, 0.25) is 11.2 Å². The van der Waals surface area contributed by atoms with E-state index in [2.05, 4.69) is 34.1 Å². The van der Waals surface area contributed by atoms with E-state index in [1.54, 1.807) is 0 Å². The van der Waals surface area contributed by atoms with Crippen LogP contribution in [0.3, 0.4) is 0 Å². The van der Waals surface area contributed by atoms with Crippen molar-refractivity contribution >= 4 is 17.5 Å². The number of ether oxygens (including phenoxy) is 1. The van der Waals surface area contributed by atoms with E-state index >= 15 is 0 Å². The van der Waals surface area contributed by atoms with Gasteiger partial charge in [-0.1, -0.05) is 40.0 Å². The standard InChI is InChI=1S/C14H25ClN4O/c1-4-7-9-11(8-5-2)16-13-17-12(15)18-14(19-13)20-10-6-3/h11H,4-10H2,1-3H3,(H,16,17,18,19). The number of rotatable bonds is 10. The first-order chi connectivity index (χ1) is 9.69. The second kappa shape index (κ2) is 9.75. The van der Waals surface area contributed by atoms with Gasteiger partial charge < -0.3 is 10.1 Å². The fraction of sp³-hybridized carbons (Fsp3) is 0.786. The molecule has 0 aliphatic heterocycles. The first-order valence-electron chi connectivity index (χ1n) is 7.50. The number of anilines is 1. The van der Waals surface area contributed by atoms with Crippen molar-refractivity contribution in [2.24, 2.45) is 0 Å². The molecule has 6 heteroatoms. The highest BCUT2D eigenvalue weighted by Crippen LogP contribution is 2.16. The molecule has 1 unspecified atom stereocenters. The van der Waals surface area contributed by atoms with E-state index < -0.39 is 0 Å². The van der Waals surface area contributed by atoms with Crippen LogP contribution in [0.1, 0.15) is 59.3 Å². The molecule has 0 bridgehead atoms. The van der Waals surface area contributed by atoms with E-state index in [0.717, 1.165) is 25.7 Å². The van der Waals surface area contributed by atoms with Crippen LogP contribution in [0.4, 0.5) is 5.95 Å². The molecule has 0 aliphatic carbocycles. The molecule has 1 atom stereocenters. The van der Waals surface area contributed by atoms with Gasteiger partial charge in [0.1, 0.15) is 0 Å². The Hall–Kier alpha value is -1.10. The molecule has 1 rings (SSSR count). The Morgan fingerprint density at radius 3 is 2.50 bits per heavy atom. The highest BCUT2D eigenvalue weighted by Gasteiger charge is 2.11. The van der Waals surface area contributed by atoms with Gasteiger partial charge in [-0.15, -0.1) is 0 Å². The lowest BCUT2D eigenvalue weighted by atomic mass is 10.1. The summed E-state index contributed by atoms with van der Waals surface area (Å²) in [5.74, 6) is 0.505.